The van der Waals surface area contributed by atoms with Crippen LogP contribution in [0.5, 0.6) is 0 Å². The van der Waals surface area contributed by atoms with Gasteiger partial charge in [-0.25, -0.2) is 0 Å². The second-order valence-electron chi connectivity index (χ2n) is 24.6. The first-order valence-electron chi connectivity index (χ1n) is 33.4. The molecule has 0 N–H and O–H groups in total. The van der Waals surface area contributed by atoms with Gasteiger partial charge in [-0.05, 0) is 50.1 Å². The number of benzene rings is 9. The maximum atomic E-state index is 13.9. The normalized spacial score (nSPS) is 20.8. The summed E-state index contributed by atoms with van der Waals surface area (Å²) < 4.78 is 74.5. The van der Waals surface area contributed by atoms with E-state index in [1.54, 1.807) is 0 Å². The zero-order valence-corrected chi connectivity index (χ0v) is 56.1. The Morgan fingerprint density at radius 1 is 0.303 bits per heavy atom. The predicted octanol–water partition coefficient (Wildman–Crippen LogP) is 13.4. The molecular weight excluding hydrogens is 1250 g/mol. The summed E-state index contributed by atoms with van der Waals surface area (Å²) in [6, 6.07) is 88.1. The van der Waals surface area contributed by atoms with Crippen molar-refractivity contribution in [1.29, 1.82) is 0 Å². The summed E-state index contributed by atoms with van der Waals surface area (Å²) in [7, 11) is 0. The Morgan fingerprint density at radius 3 is 0.859 bits per heavy atom. The first-order valence-corrected chi connectivity index (χ1v) is 33.4. The standard InChI is InChI=1S/C83H82O16/c1-58(84)93-75-72(98-73(76(94-59(2)85)78(75)96-61(4)87)56-91-82(66-39-21-9-22-40-66,67-41-23-10-24-42-67)68-43-25-11-26-44-68)55-89-53-51-80(52-54-90-81(63-33-15-6-16-34-63,64-35-17-7-18-36-64)65-37-19-8-20-38-65)79(97-62(5)88)77(95-60(3)86)74(99-80)57-92-83(69-45-27-12-28-46-69,70-47-29-13-30-48-70)71-49-31-14-32-50-71/h6-50,72-79H,51-57H2,1-5H3. The van der Waals surface area contributed by atoms with E-state index in [4.69, 9.17) is 52.1 Å². The molecule has 16 heteroatoms. The Balaban J connectivity index is 0.986. The molecule has 16 nitrogen and oxygen atoms in total. The molecule has 2 fully saturated rings. The lowest BCUT2D eigenvalue weighted by molar-refractivity contribution is -0.263. The molecule has 0 saturated carbocycles. The summed E-state index contributed by atoms with van der Waals surface area (Å²) >= 11 is 0. The molecule has 0 radical (unpaired) electrons. The van der Waals surface area contributed by atoms with Gasteiger partial charge in [0.15, 0.2) is 30.5 Å². The molecule has 11 rings (SSSR count). The van der Waals surface area contributed by atoms with Crippen molar-refractivity contribution in [3.05, 3.63) is 323 Å². The fourth-order valence-corrected chi connectivity index (χ4v) is 14.1. The number of rotatable bonds is 29. The Labute approximate surface area is 578 Å². The molecule has 0 aromatic heterocycles. The Bertz CT molecular complexity index is 3750. The average molecular weight is 1340 g/mol. The summed E-state index contributed by atoms with van der Waals surface area (Å²) in [6.07, 6.45) is -10.5. The number of hydrogen-bond donors (Lipinski definition) is 0. The van der Waals surface area contributed by atoms with Gasteiger partial charge >= 0.3 is 29.8 Å². The van der Waals surface area contributed by atoms with Gasteiger partial charge in [0.1, 0.15) is 40.7 Å². The van der Waals surface area contributed by atoms with Crippen LogP contribution in [0.25, 0.3) is 0 Å². The number of carbonyl (C=O) groups excluding carboxylic acids is 5. The first kappa shape index (κ1) is 70.4. The van der Waals surface area contributed by atoms with Crippen molar-refractivity contribution in [1.82, 2.24) is 0 Å². The van der Waals surface area contributed by atoms with E-state index < -0.39 is 101 Å². The molecule has 9 aromatic rings. The molecule has 0 aliphatic carbocycles. The quantitative estimate of drug-likeness (QED) is 0.0186. The van der Waals surface area contributed by atoms with E-state index in [2.05, 4.69) is 0 Å². The number of carbonyl (C=O) groups is 5. The third-order valence-electron chi connectivity index (χ3n) is 18.1. The van der Waals surface area contributed by atoms with E-state index in [1.165, 1.54) is 34.6 Å². The minimum absolute atomic E-state index is 0.00197. The molecule has 9 unspecified atom stereocenters. The predicted molar refractivity (Wildman–Crippen MR) is 370 cm³/mol. The first-order chi connectivity index (χ1) is 48.2. The van der Waals surface area contributed by atoms with Crippen LogP contribution in [0.2, 0.25) is 0 Å². The van der Waals surface area contributed by atoms with Crippen molar-refractivity contribution in [2.75, 3.05) is 33.0 Å². The van der Waals surface area contributed by atoms with Crippen molar-refractivity contribution in [2.24, 2.45) is 0 Å². The minimum atomic E-state index is -1.61. The molecule has 2 aliphatic heterocycles. The molecule has 2 aliphatic rings. The van der Waals surface area contributed by atoms with Gasteiger partial charge in [-0.3, -0.25) is 24.0 Å². The summed E-state index contributed by atoms with van der Waals surface area (Å²) in [5.74, 6) is -3.59. The van der Waals surface area contributed by atoms with Crippen molar-refractivity contribution >= 4 is 29.8 Å². The second kappa shape index (κ2) is 32.6. The van der Waals surface area contributed by atoms with Gasteiger partial charge in [0, 0.05) is 54.1 Å². The Hall–Kier alpha value is -9.91. The summed E-state index contributed by atoms with van der Waals surface area (Å²) in [6.45, 7) is 5.12. The van der Waals surface area contributed by atoms with E-state index in [9.17, 15) is 24.0 Å². The lowest BCUT2D eigenvalue weighted by Gasteiger charge is -2.46. The lowest BCUT2D eigenvalue weighted by atomic mass is 9.80. The van der Waals surface area contributed by atoms with Gasteiger partial charge in [0.05, 0.1) is 26.4 Å². The molecule has 2 heterocycles. The van der Waals surface area contributed by atoms with Gasteiger partial charge in [-0.2, -0.15) is 0 Å². The van der Waals surface area contributed by atoms with Crippen LogP contribution in [-0.4, -0.2) is 117 Å². The van der Waals surface area contributed by atoms with Crippen molar-refractivity contribution < 1.29 is 76.1 Å². The molecule has 0 bridgehead atoms. The van der Waals surface area contributed by atoms with Crippen LogP contribution < -0.4 is 0 Å². The molecule has 9 atom stereocenters. The van der Waals surface area contributed by atoms with E-state index in [0.717, 1.165) is 50.1 Å². The highest BCUT2D eigenvalue weighted by Gasteiger charge is 2.60. The van der Waals surface area contributed by atoms with Crippen molar-refractivity contribution in [3.63, 3.8) is 0 Å². The van der Waals surface area contributed by atoms with Crippen LogP contribution in [0.1, 0.15) is 97.5 Å². The topological polar surface area (TPSA) is 187 Å². The van der Waals surface area contributed by atoms with Gasteiger partial charge in [0.2, 0.25) is 0 Å². The van der Waals surface area contributed by atoms with Gasteiger partial charge in [-0.1, -0.05) is 273 Å². The van der Waals surface area contributed by atoms with Crippen LogP contribution >= 0.6 is 0 Å². The third kappa shape index (κ3) is 15.8. The summed E-state index contributed by atoms with van der Waals surface area (Å²) in [4.78, 5) is 67.5. The van der Waals surface area contributed by atoms with E-state index in [1.807, 2.05) is 273 Å². The molecule has 0 amide bonds. The smallest absolute Gasteiger partial charge is 0.303 e. The highest BCUT2D eigenvalue weighted by atomic mass is 16.7. The highest BCUT2D eigenvalue weighted by Crippen LogP contribution is 2.48. The summed E-state index contributed by atoms with van der Waals surface area (Å²) in [5, 5.41) is 0. The highest BCUT2D eigenvalue weighted by molar-refractivity contribution is 5.69. The molecular formula is C83H82O16. The van der Waals surface area contributed by atoms with E-state index in [0.29, 0.717) is 0 Å². The van der Waals surface area contributed by atoms with Gasteiger partial charge in [-0.15, -0.1) is 0 Å². The maximum absolute atomic E-state index is 13.9. The summed E-state index contributed by atoms with van der Waals surface area (Å²) in [5.41, 5.74) is 1.84. The number of esters is 5. The Kier molecular flexibility index (Phi) is 23.2. The zero-order valence-electron chi connectivity index (χ0n) is 56.1. The third-order valence-corrected chi connectivity index (χ3v) is 18.1. The van der Waals surface area contributed by atoms with Crippen LogP contribution in [0.4, 0.5) is 0 Å². The maximum Gasteiger partial charge on any atom is 0.303 e. The Morgan fingerprint density at radius 2 is 0.556 bits per heavy atom. The average Bonchev–Trinajstić information content (AvgIpc) is 1.74. The number of ether oxygens (including phenoxy) is 11. The molecule has 99 heavy (non-hydrogen) atoms. The molecule has 510 valence electrons. The SMILES string of the molecule is CC(=O)OC1C(COCCC2(CCOC(c3ccccc3)(c3ccccc3)c3ccccc3)OC(COC(c3ccccc3)(c3ccccc3)c3ccccc3)C(OC(C)=O)C2OC(C)=O)OC(COC(c2ccccc2)(c2ccccc2)c2ccccc2)C(OC(C)=O)C1OC(C)=O. The van der Waals surface area contributed by atoms with Gasteiger partial charge < -0.3 is 52.1 Å². The molecule has 2 saturated heterocycles. The largest absolute Gasteiger partial charge is 0.456 e. The van der Waals surface area contributed by atoms with Crippen LogP contribution in [0, 0.1) is 0 Å². The van der Waals surface area contributed by atoms with Crippen LogP contribution in [-0.2, 0) is 92.9 Å². The monoisotopic (exact) mass is 1330 g/mol. The molecule has 0 spiro atoms. The van der Waals surface area contributed by atoms with Gasteiger partial charge in [0.25, 0.3) is 0 Å². The van der Waals surface area contributed by atoms with Crippen molar-refractivity contribution in [2.45, 2.75) is 119 Å². The van der Waals surface area contributed by atoms with E-state index >= 15 is 0 Å². The van der Waals surface area contributed by atoms with Crippen LogP contribution in [0.15, 0.2) is 273 Å². The van der Waals surface area contributed by atoms with E-state index in [-0.39, 0.29) is 45.9 Å². The zero-order chi connectivity index (χ0) is 69.2. The fraction of sp³-hybridized carbons (Fsp3) is 0.289. The molecule has 9 aromatic carbocycles. The fourth-order valence-electron chi connectivity index (χ4n) is 14.1. The minimum Gasteiger partial charge on any atom is -0.456 e. The lowest BCUT2D eigenvalue weighted by Crippen LogP contribution is -2.63. The van der Waals surface area contributed by atoms with Crippen molar-refractivity contribution in [3.8, 4) is 0 Å². The number of hydrogen-bond acceptors (Lipinski definition) is 16. The van der Waals surface area contributed by atoms with Crippen LogP contribution in [0.3, 0.4) is 0 Å². The second-order valence-corrected chi connectivity index (χ2v) is 24.6.